The summed E-state index contributed by atoms with van der Waals surface area (Å²) in [5.41, 5.74) is 1.67. The molecule has 2 unspecified atom stereocenters. The van der Waals surface area contributed by atoms with E-state index in [0.717, 1.165) is 17.7 Å². The van der Waals surface area contributed by atoms with Gasteiger partial charge in [0, 0.05) is 40.4 Å². The van der Waals surface area contributed by atoms with Gasteiger partial charge in [0.05, 0.1) is 10.9 Å². The van der Waals surface area contributed by atoms with E-state index >= 15 is 0 Å². The smallest absolute Gasteiger partial charge is 0.263 e. The predicted octanol–water partition coefficient (Wildman–Crippen LogP) is 4.32. The third-order valence-corrected chi connectivity index (χ3v) is 8.69. The van der Waals surface area contributed by atoms with Crippen LogP contribution < -0.4 is 9.62 Å². The molecule has 2 N–H and O–H groups in total. The quantitative estimate of drug-likeness (QED) is 0.454. The van der Waals surface area contributed by atoms with Gasteiger partial charge in [-0.1, -0.05) is 29.3 Å². The van der Waals surface area contributed by atoms with Gasteiger partial charge in [-0.3, -0.25) is 9.62 Å². The minimum Gasteiger partial charge on any atom is -0.372 e. The van der Waals surface area contributed by atoms with Crippen molar-refractivity contribution in [3.05, 3.63) is 69.7 Å². The van der Waals surface area contributed by atoms with Crippen LogP contribution in [-0.4, -0.2) is 55.8 Å². The Hall–Kier alpha value is -1.88. The second-order valence-electron chi connectivity index (χ2n) is 7.83. The first kappa shape index (κ1) is 24.3. The Bertz CT molecular complexity index is 1170. The van der Waals surface area contributed by atoms with Crippen molar-refractivity contribution in [2.75, 3.05) is 29.8 Å². The van der Waals surface area contributed by atoms with Gasteiger partial charge in [0.1, 0.15) is 6.23 Å². The van der Waals surface area contributed by atoms with Crippen LogP contribution in [0.2, 0.25) is 10.0 Å². The van der Waals surface area contributed by atoms with Crippen molar-refractivity contribution < 1.29 is 13.5 Å². The molecule has 2 atom stereocenters. The van der Waals surface area contributed by atoms with E-state index in [9.17, 15) is 13.5 Å². The topological polar surface area (TPSA) is 85.8 Å². The zero-order valence-corrected chi connectivity index (χ0v) is 21.0. The fraction of sp³-hybridized carbons (Fsp3) is 0.318. The monoisotopic (exact) mass is 526 g/mol. The molecule has 2 aromatic carbocycles. The van der Waals surface area contributed by atoms with Crippen molar-refractivity contribution in [1.29, 1.82) is 0 Å². The maximum absolute atomic E-state index is 12.5. The van der Waals surface area contributed by atoms with Gasteiger partial charge in [0.2, 0.25) is 0 Å². The van der Waals surface area contributed by atoms with Crippen molar-refractivity contribution in [3.63, 3.8) is 0 Å². The van der Waals surface area contributed by atoms with Crippen LogP contribution in [0.25, 0.3) is 0 Å². The number of hydrogen-bond acceptors (Lipinski definition) is 7. The summed E-state index contributed by atoms with van der Waals surface area (Å²) in [5.74, 6) is 0. The number of aliphatic hydroxyl groups excluding tert-OH is 1. The molecule has 1 aliphatic heterocycles. The molecule has 3 aromatic rings. The lowest BCUT2D eigenvalue weighted by atomic mass is 10.1. The van der Waals surface area contributed by atoms with E-state index in [-0.39, 0.29) is 10.9 Å². The molecule has 7 nitrogen and oxygen atoms in total. The first-order valence-electron chi connectivity index (χ1n) is 10.4. The van der Waals surface area contributed by atoms with Crippen LogP contribution in [0.1, 0.15) is 12.0 Å². The lowest BCUT2D eigenvalue weighted by Gasteiger charge is -2.30. The van der Waals surface area contributed by atoms with E-state index in [0.29, 0.717) is 34.7 Å². The summed E-state index contributed by atoms with van der Waals surface area (Å²) in [5, 5.41) is 14.3. The van der Waals surface area contributed by atoms with Gasteiger partial charge in [0.25, 0.3) is 10.0 Å². The van der Waals surface area contributed by atoms with Crippen LogP contribution >= 0.6 is 34.5 Å². The van der Waals surface area contributed by atoms with Gasteiger partial charge in [-0.15, -0.1) is 11.3 Å². The van der Waals surface area contributed by atoms with E-state index in [1.807, 2.05) is 30.1 Å². The molecule has 33 heavy (non-hydrogen) atoms. The lowest BCUT2D eigenvalue weighted by Crippen LogP contribution is -2.44. The van der Waals surface area contributed by atoms with Gasteiger partial charge in [0.15, 0.2) is 5.13 Å². The number of hydrogen-bond donors (Lipinski definition) is 2. The number of likely N-dealkylation sites (N-methyl/N-ethyl adjacent to an activating group) is 1. The molecule has 0 bridgehead atoms. The Morgan fingerprint density at radius 2 is 1.91 bits per heavy atom. The van der Waals surface area contributed by atoms with Crippen molar-refractivity contribution in [2.24, 2.45) is 0 Å². The highest BCUT2D eigenvalue weighted by atomic mass is 35.5. The maximum Gasteiger partial charge on any atom is 0.263 e. The summed E-state index contributed by atoms with van der Waals surface area (Å²) < 4.78 is 27.5. The van der Waals surface area contributed by atoms with Crippen molar-refractivity contribution in [2.45, 2.75) is 30.0 Å². The molecule has 1 aliphatic rings. The average molecular weight is 527 g/mol. The van der Waals surface area contributed by atoms with Gasteiger partial charge in [-0.25, -0.2) is 13.4 Å². The number of nitrogens with zero attached hydrogens (tertiary/aromatic N) is 3. The van der Waals surface area contributed by atoms with E-state index < -0.39 is 16.3 Å². The summed E-state index contributed by atoms with van der Waals surface area (Å²) in [7, 11) is -1.74. The SMILES string of the molecule is CN(CCc1c(Cl)cccc1Cl)C1CCN(c2ccc(S(=O)(=O)Nc3nccs3)cc2)C1O. The number of sulfonamides is 1. The molecule has 0 spiro atoms. The molecular weight excluding hydrogens is 503 g/mol. The molecule has 4 rings (SSSR count). The standard InChI is InChI=1S/C22H24Cl2N4O3S2/c1-27(12-9-17-18(23)3-2-4-19(17)24)20-10-13-28(21(20)29)15-5-7-16(8-6-15)33(30,31)26-22-25-11-14-32-22/h2-8,11,14,20-21,29H,9-10,12-13H2,1H3,(H,25,26). The number of aliphatic hydroxyl groups is 1. The molecule has 1 fully saturated rings. The van der Waals surface area contributed by atoms with Gasteiger partial charge < -0.3 is 10.0 Å². The number of benzene rings is 2. The van der Waals surface area contributed by atoms with Crippen LogP contribution in [0.3, 0.4) is 0 Å². The molecule has 1 aromatic heterocycles. The Morgan fingerprint density at radius 1 is 1.21 bits per heavy atom. The molecule has 0 saturated carbocycles. The fourth-order valence-electron chi connectivity index (χ4n) is 3.98. The summed E-state index contributed by atoms with van der Waals surface area (Å²) in [4.78, 5) is 8.09. The number of rotatable bonds is 8. The number of anilines is 2. The summed E-state index contributed by atoms with van der Waals surface area (Å²) in [6.07, 6.45) is 2.28. The Morgan fingerprint density at radius 3 is 2.55 bits per heavy atom. The molecule has 11 heteroatoms. The second kappa shape index (κ2) is 10.2. The first-order chi connectivity index (χ1) is 15.8. The largest absolute Gasteiger partial charge is 0.372 e. The summed E-state index contributed by atoms with van der Waals surface area (Å²) in [6.45, 7) is 1.35. The van der Waals surface area contributed by atoms with Crippen molar-refractivity contribution in [1.82, 2.24) is 9.88 Å². The predicted molar refractivity (Wildman–Crippen MR) is 134 cm³/mol. The van der Waals surface area contributed by atoms with E-state index in [4.69, 9.17) is 23.2 Å². The minimum absolute atomic E-state index is 0.0683. The van der Waals surface area contributed by atoms with Gasteiger partial charge in [-0.2, -0.15) is 0 Å². The maximum atomic E-state index is 12.5. The van der Waals surface area contributed by atoms with Crippen LogP contribution in [0.15, 0.2) is 58.9 Å². The molecular formula is C22H24Cl2N4O3S2. The molecule has 0 aliphatic carbocycles. The number of thiazole rings is 1. The Labute approximate surface area is 207 Å². The number of nitrogens with one attached hydrogen (secondary N) is 1. The second-order valence-corrected chi connectivity index (χ2v) is 11.2. The Balaban J connectivity index is 1.39. The van der Waals surface area contributed by atoms with E-state index in [2.05, 4.69) is 14.6 Å². The molecule has 1 saturated heterocycles. The highest BCUT2D eigenvalue weighted by molar-refractivity contribution is 7.93. The third kappa shape index (κ3) is 5.45. The number of halogens is 2. The Kier molecular flexibility index (Phi) is 7.47. The van der Waals surface area contributed by atoms with E-state index in [1.54, 1.807) is 17.5 Å². The molecule has 2 heterocycles. The van der Waals surface area contributed by atoms with Crippen LogP contribution in [0, 0.1) is 0 Å². The fourth-order valence-corrected chi connectivity index (χ4v) is 6.36. The summed E-state index contributed by atoms with van der Waals surface area (Å²) >= 11 is 13.8. The van der Waals surface area contributed by atoms with Crippen LogP contribution in [0.4, 0.5) is 10.8 Å². The molecule has 0 radical (unpaired) electrons. The minimum atomic E-state index is -3.71. The highest BCUT2D eigenvalue weighted by Crippen LogP contribution is 2.30. The average Bonchev–Trinajstić information content (AvgIpc) is 3.42. The third-order valence-electron chi connectivity index (χ3n) is 5.80. The normalized spacial score (nSPS) is 18.8. The van der Waals surface area contributed by atoms with Crippen molar-refractivity contribution >= 4 is 55.4 Å². The molecule has 176 valence electrons. The zero-order chi connectivity index (χ0) is 23.6. The van der Waals surface area contributed by atoms with Crippen molar-refractivity contribution in [3.8, 4) is 0 Å². The van der Waals surface area contributed by atoms with Crippen LogP contribution in [-0.2, 0) is 16.4 Å². The van der Waals surface area contributed by atoms with Gasteiger partial charge in [-0.05, 0) is 61.9 Å². The summed E-state index contributed by atoms with van der Waals surface area (Å²) in [6, 6.07) is 11.9. The van der Waals surface area contributed by atoms with Crippen LogP contribution in [0.5, 0.6) is 0 Å². The van der Waals surface area contributed by atoms with E-state index in [1.165, 1.54) is 29.7 Å². The highest BCUT2D eigenvalue weighted by Gasteiger charge is 2.35. The number of aromatic nitrogens is 1. The lowest BCUT2D eigenvalue weighted by molar-refractivity contribution is 0.0882. The molecule has 0 amide bonds. The van der Waals surface area contributed by atoms with Gasteiger partial charge >= 0.3 is 0 Å². The zero-order valence-electron chi connectivity index (χ0n) is 17.9. The first-order valence-corrected chi connectivity index (χ1v) is 13.5.